The van der Waals surface area contributed by atoms with E-state index in [-0.39, 0.29) is 17.2 Å². The molecule has 0 aliphatic carbocycles. The molecule has 0 atom stereocenters. The lowest BCUT2D eigenvalue weighted by Gasteiger charge is -2.26. The molecule has 316 valence electrons. The summed E-state index contributed by atoms with van der Waals surface area (Å²) in [5, 5.41) is 1.44. The van der Waals surface area contributed by atoms with Gasteiger partial charge in [-0.1, -0.05) is 36.4 Å². The standard InChI is InChI=1S/C48H28F9N3O3/c49-43(50)46(55)61-36-19-11-31(12-20-36)58(29-7-3-1-4-8-29)34-17-25-41-39(27-34)40-28-35(18-26-42(40)60(41)33-15-23-38(24-16-33)63-48(57)45(53)54)59(30-9-5-2-6-10-30)32-13-21-37(22-14-32)62-47(56)44(51)52/h1-28H. The largest absolute Gasteiger partial charge is 0.428 e. The number of hydrogen-bond donors (Lipinski definition) is 0. The number of benzene rings is 7. The van der Waals surface area contributed by atoms with Crippen molar-refractivity contribution in [1.82, 2.24) is 4.57 Å². The number of para-hydroxylation sites is 2. The molecule has 7 aromatic carbocycles. The Morgan fingerprint density at radius 2 is 0.635 bits per heavy atom. The Labute approximate surface area is 352 Å². The molecule has 15 heteroatoms. The number of nitrogens with zero attached hydrogens (tertiary/aromatic N) is 3. The second kappa shape index (κ2) is 17.9. The summed E-state index contributed by atoms with van der Waals surface area (Å²) in [4.78, 5) is 3.78. The summed E-state index contributed by atoms with van der Waals surface area (Å²) in [5.41, 5.74) is 5.80. The van der Waals surface area contributed by atoms with Crippen LogP contribution in [0.3, 0.4) is 0 Å². The maximum Gasteiger partial charge on any atom is 0.344 e. The van der Waals surface area contributed by atoms with Gasteiger partial charge in [0.15, 0.2) is 0 Å². The van der Waals surface area contributed by atoms with Gasteiger partial charge in [-0.2, -0.15) is 39.5 Å². The van der Waals surface area contributed by atoms with Gasteiger partial charge in [0.05, 0.1) is 11.0 Å². The molecule has 0 fully saturated rings. The quantitative estimate of drug-likeness (QED) is 0.0853. The topological polar surface area (TPSA) is 39.1 Å². The van der Waals surface area contributed by atoms with Crippen LogP contribution in [0.2, 0.25) is 0 Å². The monoisotopic (exact) mass is 865 g/mol. The Bertz CT molecular complexity index is 2830. The van der Waals surface area contributed by atoms with E-state index in [9.17, 15) is 39.5 Å². The lowest BCUT2D eigenvalue weighted by molar-refractivity contribution is 0.241. The number of fused-ring (bicyclic) bond motifs is 3. The first-order valence-electron chi connectivity index (χ1n) is 18.7. The summed E-state index contributed by atoms with van der Waals surface area (Å²) in [6.07, 6.45) is -7.80. The highest BCUT2D eigenvalue weighted by atomic mass is 19.3. The third-order valence-corrected chi connectivity index (χ3v) is 9.63. The third kappa shape index (κ3) is 8.89. The summed E-state index contributed by atoms with van der Waals surface area (Å²) >= 11 is 0. The van der Waals surface area contributed by atoms with E-state index in [0.29, 0.717) is 50.8 Å². The number of hydrogen-bond acceptors (Lipinski definition) is 5. The Morgan fingerprint density at radius 3 is 0.968 bits per heavy atom. The van der Waals surface area contributed by atoms with Gasteiger partial charge in [0.1, 0.15) is 17.2 Å². The van der Waals surface area contributed by atoms with Gasteiger partial charge in [-0.3, -0.25) is 0 Å². The van der Waals surface area contributed by atoms with Crippen molar-refractivity contribution in [2.75, 3.05) is 9.80 Å². The highest BCUT2D eigenvalue weighted by Gasteiger charge is 2.21. The minimum absolute atomic E-state index is 0.157. The van der Waals surface area contributed by atoms with Crippen molar-refractivity contribution in [2.24, 2.45) is 0 Å². The van der Waals surface area contributed by atoms with Crippen LogP contribution in [0.4, 0.5) is 73.6 Å². The zero-order valence-electron chi connectivity index (χ0n) is 32.1. The van der Waals surface area contributed by atoms with Crippen LogP contribution in [0.5, 0.6) is 17.2 Å². The van der Waals surface area contributed by atoms with Crippen LogP contribution in [0.1, 0.15) is 0 Å². The Hall–Kier alpha value is -8.07. The average Bonchev–Trinajstić information content (AvgIpc) is 3.61. The fourth-order valence-corrected chi connectivity index (χ4v) is 7.02. The van der Waals surface area contributed by atoms with E-state index in [1.54, 1.807) is 36.4 Å². The molecule has 0 aliphatic heterocycles. The average molecular weight is 866 g/mol. The van der Waals surface area contributed by atoms with Gasteiger partial charge in [0.2, 0.25) is 0 Å². The van der Waals surface area contributed by atoms with Crippen molar-refractivity contribution in [3.63, 3.8) is 0 Å². The van der Waals surface area contributed by atoms with Gasteiger partial charge in [-0.15, -0.1) is 0 Å². The molecular formula is C48H28F9N3O3. The van der Waals surface area contributed by atoms with Crippen LogP contribution >= 0.6 is 0 Å². The van der Waals surface area contributed by atoms with E-state index in [1.807, 2.05) is 111 Å². The molecule has 0 bridgehead atoms. The molecule has 0 spiro atoms. The lowest BCUT2D eigenvalue weighted by atomic mass is 10.1. The second-order valence-electron chi connectivity index (χ2n) is 13.5. The van der Waals surface area contributed by atoms with E-state index in [4.69, 9.17) is 0 Å². The predicted molar refractivity (Wildman–Crippen MR) is 223 cm³/mol. The first-order valence-corrected chi connectivity index (χ1v) is 18.7. The van der Waals surface area contributed by atoms with Gasteiger partial charge in [-0.25, -0.2) is 0 Å². The van der Waals surface area contributed by atoms with Crippen molar-refractivity contribution in [2.45, 2.75) is 0 Å². The maximum absolute atomic E-state index is 13.7. The summed E-state index contributed by atoms with van der Waals surface area (Å²) in [6, 6.07) is 41.3. The van der Waals surface area contributed by atoms with Crippen LogP contribution in [0.25, 0.3) is 27.5 Å². The fraction of sp³-hybridized carbons (Fsp3) is 0. The number of anilines is 6. The number of rotatable bonds is 13. The van der Waals surface area contributed by atoms with Crippen LogP contribution in [-0.2, 0) is 0 Å². The van der Waals surface area contributed by atoms with Crippen LogP contribution in [-0.4, -0.2) is 4.57 Å². The molecular weight excluding hydrogens is 838 g/mol. The van der Waals surface area contributed by atoms with E-state index in [1.165, 1.54) is 36.4 Å². The molecule has 63 heavy (non-hydrogen) atoms. The first-order chi connectivity index (χ1) is 30.4. The molecule has 0 saturated carbocycles. The van der Waals surface area contributed by atoms with Crippen molar-refractivity contribution >= 4 is 55.9 Å². The lowest BCUT2D eigenvalue weighted by Crippen LogP contribution is -2.10. The van der Waals surface area contributed by atoms with Crippen molar-refractivity contribution < 1.29 is 53.7 Å². The van der Waals surface area contributed by atoms with E-state index in [0.717, 1.165) is 10.8 Å². The minimum atomic E-state index is -2.60. The zero-order chi connectivity index (χ0) is 44.2. The Balaban J connectivity index is 1.31. The summed E-state index contributed by atoms with van der Waals surface area (Å²) in [5.74, 6) is -0.478. The molecule has 0 aliphatic rings. The van der Waals surface area contributed by atoms with E-state index in [2.05, 4.69) is 14.2 Å². The Morgan fingerprint density at radius 1 is 0.333 bits per heavy atom. The zero-order valence-corrected chi connectivity index (χ0v) is 32.1. The molecule has 8 rings (SSSR count). The minimum Gasteiger partial charge on any atom is -0.428 e. The molecule has 1 heterocycles. The molecule has 0 unspecified atom stereocenters. The van der Waals surface area contributed by atoms with E-state index >= 15 is 0 Å². The summed E-state index contributed by atoms with van der Waals surface area (Å²) < 4.78 is 134. The summed E-state index contributed by atoms with van der Waals surface area (Å²) in [7, 11) is 0. The molecule has 8 aromatic rings. The van der Waals surface area contributed by atoms with Gasteiger partial charge in [0, 0.05) is 50.6 Å². The Kier molecular flexibility index (Phi) is 11.8. The van der Waals surface area contributed by atoms with E-state index < -0.39 is 36.3 Å². The molecule has 1 aromatic heterocycles. The normalized spacial score (nSPS) is 10.9. The van der Waals surface area contributed by atoms with Gasteiger partial charge >= 0.3 is 36.3 Å². The van der Waals surface area contributed by atoms with Gasteiger partial charge < -0.3 is 28.6 Å². The van der Waals surface area contributed by atoms with Crippen LogP contribution < -0.4 is 24.0 Å². The SMILES string of the molecule is FC(F)=C(F)Oc1ccc(N(c2ccccc2)c2ccc3c(c2)c2cc(N(c4ccccc4)c4ccc(OC(F)=C(F)F)cc4)ccc2n3-c2ccc(OC(F)=C(F)F)cc2)cc1. The molecule has 0 saturated heterocycles. The highest BCUT2D eigenvalue weighted by Crippen LogP contribution is 2.43. The molecule has 0 amide bonds. The van der Waals surface area contributed by atoms with Crippen LogP contribution in [0.15, 0.2) is 206 Å². The smallest absolute Gasteiger partial charge is 0.344 e. The fourth-order valence-electron chi connectivity index (χ4n) is 7.02. The number of aromatic nitrogens is 1. The number of halogens is 9. The number of ether oxygens (including phenoxy) is 3. The van der Waals surface area contributed by atoms with Gasteiger partial charge in [0.25, 0.3) is 0 Å². The van der Waals surface area contributed by atoms with Crippen molar-refractivity contribution in [3.8, 4) is 22.9 Å². The summed E-state index contributed by atoms with van der Waals surface area (Å²) in [6.45, 7) is 0. The molecule has 0 radical (unpaired) electrons. The third-order valence-electron chi connectivity index (χ3n) is 9.63. The predicted octanol–water partition coefficient (Wildman–Crippen LogP) is 16.0. The molecule has 0 N–H and O–H groups in total. The van der Waals surface area contributed by atoms with Gasteiger partial charge in [-0.05, 0) is 133 Å². The maximum atomic E-state index is 13.7. The van der Waals surface area contributed by atoms with Crippen LogP contribution in [0, 0.1) is 0 Å². The van der Waals surface area contributed by atoms with Crippen molar-refractivity contribution in [1.29, 1.82) is 0 Å². The molecule has 6 nitrogen and oxygen atoms in total. The second-order valence-corrected chi connectivity index (χ2v) is 13.5. The van der Waals surface area contributed by atoms with Crippen molar-refractivity contribution in [3.05, 3.63) is 206 Å². The first kappa shape index (κ1) is 41.7. The highest BCUT2D eigenvalue weighted by molar-refractivity contribution is 6.12.